The number of amides is 3. The first-order valence-corrected chi connectivity index (χ1v) is 6.61. The number of aliphatic carboxylic acids is 1. The summed E-state index contributed by atoms with van der Waals surface area (Å²) in [6.07, 6.45) is 0.294. The highest BCUT2D eigenvalue weighted by molar-refractivity contribution is 5.84. The second kappa shape index (κ2) is 6.25. The average molecular weight is 291 g/mol. The molecule has 4 N–H and O–H groups in total. The Balaban J connectivity index is 2.11. The number of nitrogens with one attached hydrogen (secondary N) is 1. The predicted molar refractivity (Wildman–Crippen MR) is 74.3 cm³/mol. The third-order valence-corrected chi connectivity index (χ3v) is 3.44. The van der Waals surface area contributed by atoms with Crippen molar-refractivity contribution in [2.24, 2.45) is 5.73 Å². The lowest BCUT2D eigenvalue weighted by Gasteiger charge is -2.34. The molecule has 0 saturated heterocycles. The fourth-order valence-corrected chi connectivity index (χ4v) is 2.35. The monoisotopic (exact) mass is 291 g/mol. The van der Waals surface area contributed by atoms with Crippen molar-refractivity contribution in [2.45, 2.75) is 25.4 Å². The van der Waals surface area contributed by atoms with Gasteiger partial charge in [-0.1, -0.05) is 24.3 Å². The fourth-order valence-electron chi connectivity index (χ4n) is 2.35. The number of carbonyl (C=O) groups excluding carboxylic acids is 2. The second-order valence-electron chi connectivity index (χ2n) is 4.90. The minimum atomic E-state index is -1.05. The number of carbonyl (C=O) groups is 3. The summed E-state index contributed by atoms with van der Waals surface area (Å²) in [4.78, 5) is 35.4. The Morgan fingerprint density at radius 1 is 1.29 bits per heavy atom. The van der Waals surface area contributed by atoms with Crippen molar-refractivity contribution in [2.75, 3.05) is 6.54 Å². The first kappa shape index (κ1) is 14.8. The van der Waals surface area contributed by atoms with Crippen molar-refractivity contribution in [1.29, 1.82) is 0 Å². The van der Waals surface area contributed by atoms with Crippen molar-refractivity contribution in [3.05, 3.63) is 35.4 Å². The average Bonchev–Trinajstić information content (AvgIpc) is 2.45. The number of nitrogens with two attached hydrogens (primary N) is 1. The molecule has 0 unspecified atom stereocenters. The molecule has 2 rings (SSSR count). The number of rotatable bonds is 4. The number of hydrogen-bond donors (Lipinski definition) is 3. The highest BCUT2D eigenvalue weighted by Gasteiger charge is 2.34. The van der Waals surface area contributed by atoms with Gasteiger partial charge in [0.05, 0.1) is 0 Å². The van der Waals surface area contributed by atoms with Gasteiger partial charge in [-0.3, -0.25) is 4.79 Å². The van der Waals surface area contributed by atoms with Crippen LogP contribution in [0.4, 0.5) is 4.79 Å². The van der Waals surface area contributed by atoms with Gasteiger partial charge in [0.25, 0.3) is 0 Å². The van der Waals surface area contributed by atoms with Gasteiger partial charge in [0.15, 0.2) is 0 Å². The number of nitrogens with zero attached hydrogens (tertiary/aromatic N) is 1. The lowest BCUT2D eigenvalue weighted by atomic mass is 9.94. The van der Waals surface area contributed by atoms with Crippen LogP contribution in [-0.2, 0) is 22.6 Å². The third kappa shape index (κ3) is 3.50. The molecule has 1 aromatic rings. The number of fused-ring (bicyclic) bond motifs is 1. The Bertz CT molecular complexity index is 573. The molecule has 1 aromatic carbocycles. The minimum Gasteiger partial charge on any atom is -0.480 e. The number of hydrogen-bond acceptors (Lipinski definition) is 3. The number of carboxylic acid groups (broad SMARTS) is 1. The molecule has 0 bridgehead atoms. The summed E-state index contributed by atoms with van der Waals surface area (Å²) in [6.45, 7) is 0.328. The van der Waals surface area contributed by atoms with Crippen LogP contribution in [0.25, 0.3) is 0 Å². The molecule has 1 aliphatic rings. The van der Waals surface area contributed by atoms with Gasteiger partial charge in [-0.2, -0.15) is 0 Å². The molecule has 1 atom stereocenters. The van der Waals surface area contributed by atoms with E-state index < -0.39 is 23.9 Å². The largest absolute Gasteiger partial charge is 0.480 e. The molecule has 0 aromatic heterocycles. The van der Waals surface area contributed by atoms with Crippen LogP contribution in [0.15, 0.2) is 24.3 Å². The number of urea groups is 1. The van der Waals surface area contributed by atoms with Gasteiger partial charge in [0.2, 0.25) is 5.91 Å². The summed E-state index contributed by atoms with van der Waals surface area (Å²) in [5, 5.41) is 11.8. The molecule has 112 valence electrons. The van der Waals surface area contributed by atoms with Crippen LogP contribution in [-0.4, -0.2) is 40.5 Å². The van der Waals surface area contributed by atoms with Crippen LogP contribution in [0.5, 0.6) is 0 Å². The van der Waals surface area contributed by atoms with Crippen LogP contribution in [0.2, 0.25) is 0 Å². The molecule has 0 radical (unpaired) electrons. The summed E-state index contributed by atoms with van der Waals surface area (Å²) in [5.41, 5.74) is 6.86. The first-order valence-electron chi connectivity index (χ1n) is 6.61. The lowest BCUT2D eigenvalue weighted by molar-refractivity contribution is -0.142. The zero-order chi connectivity index (χ0) is 15.4. The molecule has 1 aliphatic heterocycles. The molecule has 21 heavy (non-hydrogen) atoms. The molecule has 0 saturated carbocycles. The number of primary amides is 1. The van der Waals surface area contributed by atoms with Gasteiger partial charge in [-0.25, -0.2) is 9.59 Å². The van der Waals surface area contributed by atoms with Crippen molar-refractivity contribution >= 4 is 17.9 Å². The van der Waals surface area contributed by atoms with Crippen LogP contribution < -0.4 is 11.1 Å². The fraction of sp³-hybridized carbons (Fsp3) is 0.357. The predicted octanol–water partition coefficient (Wildman–Crippen LogP) is 0.0829. The van der Waals surface area contributed by atoms with Gasteiger partial charge < -0.3 is 21.1 Å². The molecule has 0 spiro atoms. The summed E-state index contributed by atoms with van der Waals surface area (Å²) in [6, 6.07) is 6.03. The molecule has 0 aliphatic carbocycles. The lowest BCUT2D eigenvalue weighted by Crippen LogP contribution is -2.52. The quantitative estimate of drug-likeness (QED) is 0.729. The van der Waals surface area contributed by atoms with Crippen molar-refractivity contribution in [1.82, 2.24) is 10.2 Å². The maximum atomic E-state index is 12.1. The van der Waals surface area contributed by atoms with Crippen molar-refractivity contribution in [3.63, 3.8) is 0 Å². The number of benzene rings is 1. The Labute approximate surface area is 121 Å². The van der Waals surface area contributed by atoms with E-state index in [4.69, 9.17) is 5.73 Å². The van der Waals surface area contributed by atoms with Crippen molar-refractivity contribution in [3.8, 4) is 0 Å². The van der Waals surface area contributed by atoms with E-state index in [2.05, 4.69) is 5.32 Å². The molecule has 3 amide bonds. The highest BCUT2D eigenvalue weighted by atomic mass is 16.4. The van der Waals surface area contributed by atoms with Gasteiger partial charge in [0.1, 0.15) is 6.04 Å². The SMILES string of the molecule is NC(=O)CCNC(=O)N1Cc2ccccc2C[C@@H]1C(=O)O. The van der Waals surface area contributed by atoms with E-state index in [-0.39, 0.29) is 25.9 Å². The molecule has 1 heterocycles. The van der Waals surface area contributed by atoms with Crippen LogP contribution in [0.3, 0.4) is 0 Å². The summed E-state index contributed by atoms with van der Waals surface area (Å²) < 4.78 is 0. The van der Waals surface area contributed by atoms with Gasteiger partial charge in [-0.15, -0.1) is 0 Å². The Kier molecular flexibility index (Phi) is 4.42. The van der Waals surface area contributed by atoms with Gasteiger partial charge in [0, 0.05) is 25.9 Å². The van der Waals surface area contributed by atoms with E-state index in [1.165, 1.54) is 4.90 Å². The minimum absolute atomic E-state index is 0.0217. The van der Waals surface area contributed by atoms with Crippen molar-refractivity contribution < 1.29 is 19.5 Å². The topological polar surface area (TPSA) is 113 Å². The van der Waals surface area contributed by atoms with Crippen LogP contribution in [0, 0.1) is 0 Å². The Hall–Kier alpha value is -2.57. The maximum Gasteiger partial charge on any atom is 0.326 e. The molecule has 7 nitrogen and oxygen atoms in total. The maximum absolute atomic E-state index is 12.1. The second-order valence-corrected chi connectivity index (χ2v) is 4.90. The van der Waals surface area contributed by atoms with E-state index in [1.54, 1.807) is 0 Å². The van der Waals surface area contributed by atoms with Gasteiger partial charge in [-0.05, 0) is 11.1 Å². The zero-order valence-electron chi connectivity index (χ0n) is 11.4. The summed E-state index contributed by atoms with van der Waals surface area (Å²) >= 11 is 0. The summed E-state index contributed by atoms with van der Waals surface area (Å²) in [5.74, 6) is -1.57. The van der Waals surface area contributed by atoms with E-state index in [0.29, 0.717) is 0 Å². The van der Waals surface area contributed by atoms with Gasteiger partial charge >= 0.3 is 12.0 Å². The molecular formula is C14H17N3O4. The third-order valence-electron chi connectivity index (χ3n) is 3.44. The normalized spacial score (nSPS) is 17.0. The molecular weight excluding hydrogens is 274 g/mol. The van der Waals surface area contributed by atoms with E-state index in [0.717, 1.165) is 11.1 Å². The highest BCUT2D eigenvalue weighted by Crippen LogP contribution is 2.23. The van der Waals surface area contributed by atoms with E-state index in [9.17, 15) is 19.5 Å². The first-order chi connectivity index (χ1) is 9.99. The van der Waals surface area contributed by atoms with E-state index in [1.807, 2.05) is 24.3 Å². The smallest absolute Gasteiger partial charge is 0.326 e. The Morgan fingerprint density at radius 3 is 2.57 bits per heavy atom. The van der Waals surface area contributed by atoms with Crippen LogP contribution >= 0.6 is 0 Å². The standard InChI is InChI=1S/C14H17N3O4/c15-12(18)5-6-16-14(21)17-8-10-4-2-1-3-9(10)7-11(17)13(19)20/h1-4,11H,5-8H2,(H2,15,18)(H,16,21)(H,19,20)/t11-/m1/s1. The van der Waals surface area contributed by atoms with E-state index >= 15 is 0 Å². The molecule has 7 heteroatoms. The number of carboxylic acids is 1. The Morgan fingerprint density at radius 2 is 1.95 bits per heavy atom. The zero-order valence-corrected chi connectivity index (χ0v) is 11.4. The summed E-state index contributed by atoms with van der Waals surface area (Å²) in [7, 11) is 0. The molecule has 0 fully saturated rings. The van der Waals surface area contributed by atoms with Crippen LogP contribution in [0.1, 0.15) is 17.5 Å².